The van der Waals surface area contributed by atoms with Crippen LogP contribution in [-0.2, 0) is 6.61 Å². The summed E-state index contributed by atoms with van der Waals surface area (Å²) in [7, 11) is 0. The molecule has 0 aliphatic rings. The van der Waals surface area contributed by atoms with Crippen molar-refractivity contribution in [1.82, 2.24) is 9.97 Å². The molecule has 2 aromatic rings. The van der Waals surface area contributed by atoms with Crippen LogP contribution >= 0.6 is 23.2 Å². The molecule has 0 aromatic carbocycles. The van der Waals surface area contributed by atoms with Gasteiger partial charge in [0, 0.05) is 12.4 Å². The molecule has 0 atom stereocenters. The fourth-order valence-electron chi connectivity index (χ4n) is 1.08. The Labute approximate surface area is 119 Å². The van der Waals surface area contributed by atoms with Gasteiger partial charge in [0.05, 0.1) is 12.2 Å². The Morgan fingerprint density at radius 2 is 1.68 bits per heavy atom. The van der Waals surface area contributed by atoms with Gasteiger partial charge in [0.1, 0.15) is 10.3 Å². The summed E-state index contributed by atoms with van der Waals surface area (Å²) >= 11 is 10.9. The summed E-state index contributed by atoms with van der Waals surface area (Å²) in [6.07, 6.45) is 2.92. The maximum absolute atomic E-state index is 10.3. The molecule has 7 heteroatoms. The smallest absolute Gasteiger partial charge is 0.335 e. The Morgan fingerprint density at radius 1 is 1.11 bits per heavy atom. The standard InChI is InChI=1S/C6H4ClNO2.C6H6ClNO/c7-5-3-4(6(9)10)1-2-8-5;7-6-3-5(4-9)1-2-8-6/h1-3H,(H,9,10);1-3,9H,4H2. The van der Waals surface area contributed by atoms with E-state index in [1.807, 2.05) is 0 Å². The molecule has 0 saturated heterocycles. The van der Waals surface area contributed by atoms with Crippen LogP contribution < -0.4 is 0 Å². The number of aliphatic hydroxyl groups excluding tert-OH is 1. The van der Waals surface area contributed by atoms with Gasteiger partial charge < -0.3 is 10.2 Å². The van der Waals surface area contributed by atoms with Gasteiger partial charge >= 0.3 is 5.97 Å². The molecule has 0 aliphatic heterocycles. The first kappa shape index (κ1) is 15.4. The first-order chi connectivity index (χ1) is 9.02. The van der Waals surface area contributed by atoms with Crippen LogP contribution in [-0.4, -0.2) is 26.2 Å². The van der Waals surface area contributed by atoms with E-state index in [9.17, 15) is 4.79 Å². The van der Waals surface area contributed by atoms with Crippen LogP contribution in [0.5, 0.6) is 0 Å². The number of aromatic nitrogens is 2. The Morgan fingerprint density at radius 3 is 2.05 bits per heavy atom. The molecule has 0 spiro atoms. The molecule has 2 N–H and O–H groups in total. The highest BCUT2D eigenvalue weighted by Gasteiger charge is 2.01. The van der Waals surface area contributed by atoms with E-state index < -0.39 is 5.97 Å². The van der Waals surface area contributed by atoms with Crippen molar-refractivity contribution >= 4 is 29.2 Å². The van der Waals surface area contributed by atoms with E-state index in [-0.39, 0.29) is 17.3 Å². The van der Waals surface area contributed by atoms with E-state index in [0.717, 1.165) is 5.56 Å². The predicted octanol–water partition coefficient (Wildman–Crippen LogP) is 2.66. The molecule has 5 nitrogen and oxygen atoms in total. The third kappa shape index (κ3) is 5.65. The second-order valence-corrected chi connectivity index (χ2v) is 4.09. The van der Waals surface area contributed by atoms with Gasteiger partial charge in [-0.3, -0.25) is 0 Å². The maximum atomic E-state index is 10.3. The summed E-state index contributed by atoms with van der Waals surface area (Å²) in [5.41, 5.74) is 0.940. The van der Waals surface area contributed by atoms with Crippen molar-refractivity contribution in [2.24, 2.45) is 0 Å². The molecular formula is C12H10Cl2N2O3. The van der Waals surface area contributed by atoms with Crippen LogP contribution in [0.4, 0.5) is 0 Å². The van der Waals surface area contributed by atoms with Gasteiger partial charge in [-0.05, 0) is 29.8 Å². The normalized spacial score (nSPS) is 9.42. The Hall–Kier alpha value is -1.69. The highest BCUT2D eigenvalue weighted by atomic mass is 35.5. The number of rotatable bonds is 2. The summed E-state index contributed by atoms with van der Waals surface area (Å²) in [6, 6.07) is 6.02. The molecule has 0 unspecified atom stereocenters. The lowest BCUT2D eigenvalue weighted by atomic mass is 10.3. The van der Waals surface area contributed by atoms with Crippen LogP contribution in [0.2, 0.25) is 10.3 Å². The molecule has 0 bridgehead atoms. The van der Waals surface area contributed by atoms with Crippen LogP contribution in [0, 0.1) is 0 Å². The average Bonchev–Trinajstić information content (AvgIpc) is 2.39. The molecule has 100 valence electrons. The van der Waals surface area contributed by atoms with Crippen molar-refractivity contribution in [3.63, 3.8) is 0 Å². The lowest BCUT2D eigenvalue weighted by Gasteiger charge is -1.92. The third-order valence-corrected chi connectivity index (χ3v) is 2.36. The lowest BCUT2D eigenvalue weighted by molar-refractivity contribution is 0.0696. The number of aliphatic hydroxyl groups is 1. The quantitative estimate of drug-likeness (QED) is 0.833. The molecule has 2 aromatic heterocycles. The van der Waals surface area contributed by atoms with Crippen molar-refractivity contribution < 1.29 is 15.0 Å². The molecule has 0 fully saturated rings. The summed E-state index contributed by atoms with van der Waals surface area (Å²) in [4.78, 5) is 17.6. The highest BCUT2D eigenvalue weighted by Crippen LogP contribution is 2.06. The number of pyridine rings is 2. The minimum atomic E-state index is -0.996. The second kappa shape index (κ2) is 7.68. The van der Waals surface area contributed by atoms with Gasteiger partial charge in [-0.2, -0.15) is 0 Å². The molecule has 0 saturated carbocycles. The second-order valence-electron chi connectivity index (χ2n) is 3.32. The van der Waals surface area contributed by atoms with E-state index in [1.165, 1.54) is 18.3 Å². The molecule has 0 radical (unpaired) electrons. The van der Waals surface area contributed by atoms with Crippen LogP contribution in [0.3, 0.4) is 0 Å². The van der Waals surface area contributed by atoms with E-state index >= 15 is 0 Å². The molecular weight excluding hydrogens is 291 g/mol. The number of halogens is 2. The van der Waals surface area contributed by atoms with Crippen LogP contribution in [0.25, 0.3) is 0 Å². The summed E-state index contributed by atoms with van der Waals surface area (Å²) in [6.45, 7) is 0.0161. The van der Waals surface area contributed by atoms with E-state index in [1.54, 1.807) is 18.3 Å². The average molecular weight is 301 g/mol. The predicted molar refractivity (Wildman–Crippen MR) is 71.4 cm³/mol. The maximum Gasteiger partial charge on any atom is 0.335 e. The van der Waals surface area contributed by atoms with E-state index in [0.29, 0.717) is 5.15 Å². The summed E-state index contributed by atoms with van der Waals surface area (Å²) in [5, 5.41) is 17.6. The zero-order chi connectivity index (χ0) is 14.3. The van der Waals surface area contributed by atoms with Crippen molar-refractivity contribution in [3.05, 3.63) is 58.1 Å². The Kier molecular flexibility index (Phi) is 6.21. The van der Waals surface area contributed by atoms with Crippen LogP contribution in [0.1, 0.15) is 15.9 Å². The number of hydrogen-bond donors (Lipinski definition) is 2. The Bertz CT molecular complexity index is 564. The van der Waals surface area contributed by atoms with Gasteiger partial charge in [-0.15, -0.1) is 0 Å². The van der Waals surface area contributed by atoms with Crippen molar-refractivity contribution in [1.29, 1.82) is 0 Å². The molecule has 2 rings (SSSR count). The summed E-state index contributed by atoms with van der Waals surface area (Å²) < 4.78 is 0. The van der Waals surface area contributed by atoms with Gasteiger partial charge in [0.25, 0.3) is 0 Å². The number of aromatic carboxylic acids is 1. The minimum Gasteiger partial charge on any atom is -0.478 e. The first-order valence-corrected chi connectivity index (χ1v) is 5.84. The monoisotopic (exact) mass is 300 g/mol. The Balaban J connectivity index is 0.000000191. The first-order valence-electron chi connectivity index (χ1n) is 5.09. The van der Waals surface area contributed by atoms with Crippen molar-refractivity contribution in [2.75, 3.05) is 0 Å². The lowest BCUT2D eigenvalue weighted by Crippen LogP contribution is -1.95. The molecule has 2 heterocycles. The summed E-state index contributed by atoms with van der Waals surface area (Å²) in [5.74, 6) is -0.996. The highest BCUT2D eigenvalue weighted by molar-refractivity contribution is 6.29. The van der Waals surface area contributed by atoms with Gasteiger partial charge in [0.15, 0.2) is 0 Å². The van der Waals surface area contributed by atoms with Crippen molar-refractivity contribution in [3.8, 4) is 0 Å². The van der Waals surface area contributed by atoms with E-state index in [2.05, 4.69) is 9.97 Å². The van der Waals surface area contributed by atoms with Crippen molar-refractivity contribution in [2.45, 2.75) is 6.61 Å². The number of carboxylic acids is 1. The van der Waals surface area contributed by atoms with Gasteiger partial charge in [-0.1, -0.05) is 23.2 Å². The molecule has 0 aliphatic carbocycles. The molecule has 19 heavy (non-hydrogen) atoms. The van der Waals surface area contributed by atoms with E-state index in [4.69, 9.17) is 33.4 Å². The largest absolute Gasteiger partial charge is 0.478 e. The number of carboxylic acid groups (broad SMARTS) is 1. The number of carbonyl (C=O) groups is 1. The van der Waals surface area contributed by atoms with Crippen LogP contribution in [0.15, 0.2) is 36.7 Å². The zero-order valence-electron chi connectivity index (χ0n) is 9.62. The fourth-order valence-corrected chi connectivity index (χ4v) is 1.45. The topological polar surface area (TPSA) is 83.3 Å². The minimum absolute atomic E-state index is 0.0161. The van der Waals surface area contributed by atoms with Gasteiger partial charge in [-0.25, -0.2) is 14.8 Å². The number of hydrogen-bond acceptors (Lipinski definition) is 4. The number of nitrogens with zero attached hydrogens (tertiary/aromatic N) is 2. The zero-order valence-corrected chi connectivity index (χ0v) is 11.1. The van der Waals surface area contributed by atoms with Gasteiger partial charge in [0.2, 0.25) is 0 Å². The SMILES string of the molecule is O=C(O)c1ccnc(Cl)c1.OCc1ccnc(Cl)c1. The molecule has 0 amide bonds. The third-order valence-electron chi connectivity index (χ3n) is 1.95. The fraction of sp³-hybridized carbons (Fsp3) is 0.0833.